The van der Waals surface area contributed by atoms with Crippen molar-refractivity contribution in [1.29, 1.82) is 0 Å². The molecule has 0 aliphatic carbocycles. The Labute approximate surface area is 162 Å². The van der Waals surface area contributed by atoms with Crippen molar-refractivity contribution >= 4 is 45.5 Å². The molecule has 0 saturated carbocycles. The Hall–Kier alpha value is -2.34. The third-order valence-electron chi connectivity index (χ3n) is 3.94. The zero-order valence-corrected chi connectivity index (χ0v) is 15.8. The zero-order chi connectivity index (χ0) is 18.3. The molecule has 0 bridgehead atoms. The molecule has 0 spiro atoms. The van der Waals surface area contributed by atoms with Crippen molar-refractivity contribution in [2.75, 3.05) is 7.11 Å². The van der Waals surface area contributed by atoms with Crippen molar-refractivity contribution in [1.82, 2.24) is 4.98 Å². The number of ether oxygens (including phenoxy) is 1. The highest BCUT2D eigenvalue weighted by atomic mass is 35.5. The van der Waals surface area contributed by atoms with Gasteiger partial charge in [-0.25, -0.2) is 4.98 Å². The lowest BCUT2D eigenvalue weighted by molar-refractivity contribution is 0.419. The van der Waals surface area contributed by atoms with Gasteiger partial charge in [-0.15, -0.1) is 11.3 Å². The van der Waals surface area contributed by atoms with Gasteiger partial charge in [0, 0.05) is 11.8 Å². The van der Waals surface area contributed by atoms with Gasteiger partial charge in [0.2, 0.25) is 5.43 Å². The van der Waals surface area contributed by atoms with Gasteiger partial charge in [-0.05, 0) is 24.3 Å². The van der Waals surface area contributed by atoms with Gasteiger partial charge in [0.1, 0.15) is 22.5 Å². The number of fused-ring (bicyclic) bond motifs is 1. The Balaban J connectivity index is 2.17. The molecule has 4 rings (SSSR count). The van der Waals surface area contributed by atoms with E-state index in [1.54, 1.807) is 36.5 Å². The Morgan fingerprint density at radius 1 is 1.12 bits per heavy atom. The number of thiazole rings is 1. The first-order chi connectivity index (χ1) is 12.6. The number of halogens is 2. The Kier molecular flexibility index (Phi) is 4.44. The smallest absolute Gasteiger partial charge is 0.205 e. The van der Waals surface area contributed by atoms with Crippen molar-refractivity contribution in [2.24, 2.45) is 0 Å². The summed E-state index contributed by atoms with van der Waals surface area (Å²) in [5.74, 6) is 0.820. The van der Waals surface area contributed by atoms with Gasteiger partial charge < -0.3 is 9.15 Å². The fourth-order valence-electron chi connectivity index (χ4n) is 2.81. The molecule has 2 aromatic heterocycles. The number of rotatable bonds is 3. The van der Waals surface area contributed by atoms with E-state index in [1.165, 1.54) is 18.4 Å². The molecule has 0 radical (unpaired) electrons. The topological polar surface area (TPSA) is 52.3 Å². The van der Waals surface area contributed by atoms with E-state index in [-0.39, 0.29) is 5.43 Å². The molecule has 4 aromatic rings. The molecule has 0 aliphatic heterocycles. The van der Waals surface area contributed by atoms with E-state index in [1.807, 2.05) is 12.1 Å². The quantitative estimate of drug-likeness (QED) is 0.427. The molecule has 26 heavy (non-hydrogen) atoms. The van der Waals surface area contributed by atoms with Gasteiger partial charge in [-0.2, -0.15) is 0 Å². The van der Waals surface area contributed by atoms with Crippen LogP contribution >= 0.6 is 34.5 Å². The van der Waals surface area contributed by atoms with Crippen molar-refractivity contribution in [3.05, 3.63) is 68.4 Å². The van der Waals surface area contributed by atoms with E-state index < -0.39 is 0 Å². The number of aromatic nitrogens is 1. The Bertz CT molecular complexity index is 1180. The van der Waals surface area contributed by atoms with Crippen LogP contribution in [0, 0.1) is 0 Å². The monoisotopic (exact) mass is 403 g/mol. The van der Waals surface area contributed by atoms with Crippen LogP contribution in [0.1, 0.15) is 0 Å². The van der Waals surface area contributed by atoms with Crippen LogP contribution in [-0.2, 0) is 0 Å². The highest BCUT2D eigenvalue weighted by Crippen LogP contribution is 2.39. The number of benzene rings is 2. The summed E-state index contributed by atoms with van der Waals surface area (Å²) in [6.07, 6.45) is 1.56. The van der Waals surface area contributed by atoms with Gasteiger partial charge in [-0.3, -0.25) is 4.79 Å². The minimum Gasteiger partial charge on any atom is -0.496 e. The first kappa shape index (κ1) is 17.1. The highest BCUT2D eigenvalue weighted by Gasteiger charge is 2.22. The first-order valence-corrected chi connectivity index (χ1v) is 9.18. The molecule has 2 heterocycles. The molecule has 0 N–H and O–H groups in total. The van der Waals surface area contributed by atoms with Gasteiger partial charge in [0.25, 0.3) is 0 Å². The summed E-state index contributed by atoms with van der Waals surface area (Å²) in [4.78, 5) is 18.0. The molecule has 0 aliphatic rings. The fourth-order valence-corrected chi connectivity index (χ4v) is 4.01. The zero-order valence-electron chi connectivity index (χ0n) is 13.5. The summed E-state index contributed by atoms with van der Waals surface area (Å²) >= 11 is 13.6. The van der Waals surface area contributed by atoms with E-state index in [9.17, 15) is 4.79 Å². The maximum Gasteiger partial charge on any atom is 0.205 e. The fraction of sp³-hybridized carbons (Fsp3) is 0.0526. The maximum absolute atomic E-state index is 13.4. The van der Waals surface area contributed by atoms with Gasteiger partial charge >= 0.3 is 0 Å². The molecule has 2 aromatic carbocycles. The van der Waals surface area contributed by atoms with E-state index in [4.69, 9.17) is 32.4 Å². The van der Waals surface area contributed by atoms with Crippen molar-refractivity contribution in [2.45, 2.75) is 0 Å². The molecule has 0 amide bonds. The average Bonchev–Trinajstić information content (AvgIpc) is 3.07. The first-order valence-electron chi connectivity index (χ1n) is 7.60. The van der Waals surface area contributed by atoms with Crippen LogP contribution < -0.4 is 10.2 Å². The Morgan fingerprint density at radius 3 is 2.62 bits per heavy atom. The second kappa shape index (κ2) is 6.76. The van der Waals surface area contributed by atoms with E-state index in [0.717, 1.165) is 0 Å². The predicted octanol–water partition coefficient (Wildman–Crippen LogP) is 5.90. The van der Waals surface area contributed by atoms with Crippen LogP contribution in [0.15, 0.2) is 57.9 Å². The summed E-state index contributed by atoms with van der Waals surface area (Å²) in [6, 6.07) is 12.4. The van der Waals surface area contributed by atoms with Crippen LogP contribution in [0.5, 0.6) is 5.75 Å². The van der Waals surface area contributed by atoms with Crippen molar-refractivity contribution < 1.29 is 9.15 Å². The minimum absolute atomic E-state index is 0.223. The number of hydrogen-bond donors (Lipinski definition) is 0. The SMILES string of the molecule is COc1cccc2oc(-c3ccccc3Cl)c(-c3cnc(Cl)s3)c(=O)c12. The third kappa shape index (κ3) is 2.78. The number of methoxy groups -OCH3 is 1. The molecule has 130 valence electrons. The van der Waals surface area contributed by atoms with E-state index >= 15 is 0 Å². The van der Waals surface area contributed by atoms with Crippen LogP contribution in [0.2, 0.25) is 9.49 Å². The molecule has 0 unspecified atom stereocenters. The third-order valence-corrected chi connectivity index (χ3v) is 5.41. The predicted molar refractivity (Wildman–Crippen MR) is 106 cm³/mol. The lowest BCUT2D eigenvalue weighted by Gasteiger charge is -2.11. The largest absolute Gasteiger partial charge is 0.496 e. The van der Waals surface area contributed by atoms with Crippen LogP contribution in [-0.4, -0.2) is 12.1 Å². The average molecular weight is 404 g/mol. The lowest BCUT2D eigenvalue weighted by Crippen LogP contribution is -2.08. The van der Waals surface area contributed by atoms with Gasteiger partial charge in [0.15, 0.2) is 4.47 Å². The number of hydrogen-bond acceptors (Lipinski definition) is 5. The summed E-state index contributed by atoms with van der Waals surface area (Å²) in [5.41, 5.74) is 1.18. The molecule has 0 atom stereocenters. The molecule has 7 heteroatoms. The summed E-state index contributed by atoms with van der Waals surface area (Å²) in [7, 11) is 1.51. The highest BCUT2D eigenvalue weighted by molar-refractivity contribution is 7.18. The normalized spacial score (nSPS) is 11.0. The van der Waals surface area contributed by atoms with Gasteiger partial charge in [0.05, 0.1) is 22.6 Å². The summed E-state index contributed by atoms with van der Waals surface area (Å²) < 4.78 is 11.8. The van der Waals surface area contributed by atoms with E-state index in [0.29, 0.717) is 48.0 Å². The molecule has 0 fully saturated rings. The summed E-state index contributed by atoms with van der Waals surface area (Å²) in [5, 5.41) is 0.847. The van der Waals surface area contributed by atoms with Crippen LogP contribution in [0.4, 0.5) is 0 Å². The van der Waals surface area contributed by atoms with Crippen molar-refractivity contribution in [3.63, 3.8) is 0 Å². The Morgan fingerprint density at radius 2 is 1.92 bits per heavy atom. The van der Waals surface area contributed by atoms with Crippen LogP contribution in [0.25, 0.3) is 32.7 Å². The van der Waals surface area contributed by atoms with E-state index in [2.05, 4.69) is 4.98 Å². The minimum atomic E-state index is -0.223. The lowest BCUT2D eigenvalue weighted by atomic mass is 10.0. The second-order valence-corrected chi connectivity index (χ2v) is 7.45. The second-order valence-electron chi connectivity index (χ2n) is 5.43. The van der Waals surface area contributed by atoms with Crippen molar-refractivity contribution in [3.8, 4) is 27.5 Å². The summed E-state index contributed by atoms with van der Waals surface area (Å²) in [6.45, 7) is 0. The molecule has 4 nitrogen and oxygen atoms in total. The number of nitrogens with zero attached hydrogens (tertiary/aromatic N) is 1. The van der Waals surface area contributed by atoms with Crippen LogP contribution in [0.3, 0.4) is 0 Å². The molecule has 0 saturated heterocycles. The maximum atomic E-state index is 13.4. The standard InChI is InChI=1S/C19H11Cl2NO3S/c1-24-12-7-4-8-13-15(12)17(23)16(14-9-22-19(21)26-14)18(25-13)10-5-2-3-6-11(10)20/h2-9H,1H3. The van der Waals surface area contributed by atoms with Gasteiger partial charge in [-0.1, -0.05) is 41.4 Å². The molecular weight excluding hydrogens is 393 g/mol. The molecular formula is C19H11Cl2NO3S.